The molecule has 0 fully saturated rings. The Balaban J connectivity index is 1.42. The van der Waals surface area contributed by atoms with Crippen LogP contribution in [0, 0.1) is 0 Å². The lowest BCUT2D eigenvalue weighted by atomic mass is 10.0. The standard InChI is InChI=1S/C44H28N2O/c1-2-16-32(17-3-1)45(39-22-12-24-41-42(39)36-20-9-11-23-40(36)47-41)43-34-18-7-6-15-31(34)28-37-35-19-8-10-21-38(35)46(44(37)43)33-26-25-29-13-4-5-14-30(29)27-33/h1-28H. The predicted molar refractivity (Wildman–Crippen MR) is 198 cm³/mol. The first kappa shape index (κ1) is 26.0. The molecular weight excluding hydrogens is 572 g/mol. The third kappa shape index (κ3) is 3.87. The fourth-order valence-corrected chi connectivity index (χ4v) is 7.48. The van der Waals surface area contributed by atoms with Crippen molar-refractivity contribution >= 4 is 82.4 Å². The Labute approximate surface area is 271 Å². The van der Waals surface area contributed by atoms with Gasteiger partial charge in [0.15, 0.2) is 0 Å². The third-order valence-corrected chi connectivity index (χ3v) is 9.50. The van der Waals surface area contributed by atoms with E-state index in [0.717, 1.165) is 50.2 Å². The summed E-state index contributed by atoms with van der Waals surface area (Å²) < 4.78 is 8.90. The van der Waals surface area contributed by atoms with Gasteiger partial charge in [-0.15, -0.1) is 0 Å². The molecule has 3 nitrogen and oxygen atoms in total. The van der Waals surface area contributed by atoms with Gasteiger partial charge in [0, 0.05) is 32.9 Å². The summed E-state index contributed by atoms with van der Waals surface area (Å²) in [4.78, 5) is 2.45. The molecule has 10 aromatic rings. The average Bonchev–Trinajstić information content (AvgIpc) is 3.68. The normalized spacial score (nSPS) is 11.8. The lowest BCUT2D eigenvalue weighted by Gasteiger charge is -2.29. The van der Waals surface area contributed by atoms with Crippen LogP contribution in [-0.4, -0.2) is 4.57 Å². The minimum absolute atomic E-state index is 0.871. The van der Waals surface area contributed by atoms with E-state index in [-0.39, 0.29) is 0 Å². The van der Waals surface area contributed by atoms with Gasteiger partial charge in [0.25, 0.3) is 0 Å². The first-order valence-corrected chi connectivity index (χ1v) is 16.0. The molecule has 0 saturated heterocycles. The zero-order chi connectivity index (χ0) is 30.9. The summed E-state index contributed by atoms with van der Waals surface area (Å²) in [7, 11) is 0. The number of aromatic nitrogens is 1. The van der Waals surface area contributed by atoms with E-state index in [1.165, 1.54) is 37.8 Å². The number of hydrogen-bond donors (Lipinski definition) is 0. The van der Waals surface area contributed by atoms with Gasteiger partial charge >= 0.3 is 0 Å². The number of para-hydroxylation sites is 3. The highest BCUT2D eigenvalue weighted by Crippen LogP contribution is 2.50. The zero-order valence-electron chi connectivity index (χ0n) is 25.5. The van der Waals surface area contributed by atoms with Gasteiger partial charge in [0.1, 0.15) is 11.2 Å². The molecule has 0 aliphatic heterocycles. The summed E-state index contributed by atoms with van der Waals surface area (Å²) in [6.45, 7) is 0. The number of furan rings is 1. The molecule has 0 unspecified atom stereocenters. The van der Waals surface area contributed by atoms with Crippen LogP contribution in [0.5, 0.6) is 0 Å². The highest BCUT2D eigenvalue weighted by atomic mass is 16.3. The van der Waals surface area contributed by atoms with E-state index in [9.17, 15) is 0 Å². The molecule has 0 radical (unpaired) electrons. The second-order valence-electron chi connectivity index (χ2n) is 12.1. The van der Waals surface area contributed by atoms with Crippen LogP contribution in [0.1, 0.15) is 0 Å². The van der Waals surface area contributed by atoms with Crippen LogP contribution in [0.4, 0.5) is 17.1 Å². The minimum atomic E-state index is 0.871. The van der Waals surface area contributed by atoms with Gasteiger partial charge in [-0.3, -0.25) is 0 Å². The summed E-state index contributed by atoms with van der Waals surface area (Å²) in [5, 5.41) is 9.46. The molecule has 2 aromatic heterocycles. The Kier molecular flexibility index (Phi) is 5.57. The Morgan fingerprint density at radius 2 is 1.13 bits per heavy atom. The molecule has 0 spiro atoms. The lowest BCUT2D eigenvalue weighted by molar-refractivity contribution is 0.669. The molecular formula is C44H28N2O. The maximum atomic E-state index is 6.44. The van der Waals surface area contributed by atoms with Crippen LogP contribution in [0.3, 0.4) is 0 Å². The van der Waals surface area contributed by atoms with Gasteiger partial charge in [0.2, 0.25) is 0 Å². The van der Waals surface area contributed by atoms with Crippen LogP contribution >= 0.6 is 0 Å². The topological polar surface area (TPSA) is 21.3 Å². The van der Waals surface area contributed by atoms with Crippen LogP contribution in [0.2, 0.25) is 0 Å². The second-order valence-corrected chi connectivity index (χ2v) is 12.1. The number of benzene rings is 8. The maximum Gasteiger partial charge on any atom is 0.137 e. The van der Waals surface area contributed by atoms with Crippen molar-refractivity contribution in [3.8, 4) is 5.69 Å². The summed E-state index contributed by atoms with van der Waals surface area (Å²) in [6.07, 6.45) is 0. The van der Waals surface area contributed by atoms with Crippen molar-refractivity contribution in [3.63, 3.8) is 0 Å². The van der Waals surface area contributed by atoms with E-state index in [4.69, 9.17) is 4.42 Å². The number of fused-ring (bicyclic) bond motifs is 8. The molecule has 0 bridgehead atoms. The fraction of sp³-hybridized carbons (Fsp3) is 0. The van der Waals surface area contributed by atoms with Crippen LogP contribution in [-0.2, 0) is 0 Å². The molecule has 220 valence electrons. The maximum absolute atomic E-state index is 6.44. The summed E-state index contributed by atoms with van der Waals surface area (Å²) in [5.41, 5.74) is 8.51. The van der Waals surface area contributed by atoms with Crippen molar-refractivity contribution in [2.24, 2.45) is 0 Å². The minimum Gasteiger partial charge on any atom is -0.456 e. The number of hydrogen-bond acceptors (Lipinski definition) is 2. The van der Waals surface area contributed by atoms with Gasteiger partial charge in [0.05, 0.1) is 27.8 Å². The molecule has 0 N–H and O–H groups in total. The lowest BCUT2D eigenvalue weighted by Crippen LogP contribution is -2.12. The smallest absolute Gasteiger partial charge is 0.137 e. The van der Waals surface area contributed by atoms with Gasteiger partial charge < -0.3 is 13.9 Å². The largest absolute Gasteiger partial charge is 0.456 e. The van der Waals surface area contributed by atoms with E-state index in [1.54, 1.807) is 0 Å². The monoisotopic (exact) mass is 600 g/mol. The zero-order valence-corrected chi connectivity index (χ0v) is 25.5. The third-order valence-electron chi connectivity index (χ3n) is 9.50. The molecule has 0 aliphatic carbocycles. The highest BCUT2D eigenvalue weighted by molar-refractivity contribution is 6.24. The van der Waals surface area contributed by atoms with Crippen molar-refractivity contribution in [2.75, 3.05) is 4.90 Å². The van der Waals surface area contributed by atoms with E-state index in [2.05, 4.69) is 173 Å². The van der Waals surface area contributed by atoms with E-state index in [0.29, 0.717) is 0 Å². The molecule has 47 heavy (non-hydrogen) atoms. The molecule has 0 saturated carbocycles. The SMILES string of the molecule is c1ccc(N(c2cccc3oc4ccccc4c23)c2c3ccccc3cc3c4ccccc4n(-c4ccc5ccccc5c4)c23)cc1. The molecule has 0 amide bonds. The van der Waals surface area contributed by atoms with Gasteiger partial charge in [-0.05, 0) is 70.8 Å². The number of rotatable bonds is 4. The predicted octanol–water partition coefficient (Wildman–Crippen LogP) is 12.5. The summed E-state index contributed by atoms with van der Waals surface area (Å²) in [5.74, 6) is 0. The molecule has 10 rings (SSSR count). The highest BCUT2D eigenvalue weighted by Gasteiger charge is 2.26. The van der Waals surface area contributed by atoms with Crippen molar-refractivity contribution < 1.29 is 4.42 Å². The quantitative estimate of drug-likeness (QED) is 0.200. The Bertz CT molecular complexity index is 2810. The molecule has 3 heteroatoms. The van der Waals surface area contributed by atoms with Gasteiger partial charge in [-0.25, -0.2) is 0 Å². The average molecular weight is 601 g/mol. The summed E-state index contributed by atoms with van der Waals surface area (Å²) in [6, 6.07) is 60.8. The van der Waals surface area contributed by atoms with Crippen molar-refractivity contribution in [3.05, 3.63) is 170 Å². The molecule has 8 aromatic carbocycles. The van der Waals surface area contributed by atoms with Crippen LogP contribution < -0.4 is 4.90 Å². The van der Waals surface area contributed by atoms with Crippen LogP contribution in [0.15, 0.2) is 174 Å². The van der Waals surface area contributed by atoms with Crippen molar-refractivity contribution in [1.29, 1.82) is 0 Å². The molecule has 0 atom stereocenters. The first-order chi connectivity index (χ1) is 23.3. The van der Waals surface area contributed by atoms with Crippen molar-refractivity contribution in [1.82, 2.24) is 4.57 Å². The number of anilines is 3. The fourth-order valence-electron chi connectivity index (χ4n) is 7.48. The second kappa shape index (κ2) is 10.1. The van der Waals surface area contributed by atoms with E-state index < -0.39 is 0 Å². The first-order valence-electron chi connectivity index (χ1n) is 16.0. The molecule has 2 heterocycles. The number of nitrogens with zero attached hydrogens (tertiary/aromatic N) is 2. The van der Waals surface area contributed by atoms with Gasteiger partial charge in [-0.1, -0.05) is 115 Å². The summed E-state index contributed by atoms with van der Waals surface area (Å²) >= 11 is 0. The van der Waals surface area contributed by atoms with Gasteiger partial charge in [-0.2, -0.15) is 0 Å². The Hall–Kier alpha value is -6.32. The van der Waals surface area contributed by atoms with Crippen LogP contribution in [0.25, 0.3) is 71.0 Å². The van der Waals surface area contributed by atoms with Crippen molar-refractivity contribution in [2.45, 2.75) is 0 Å². The molecule has 0 aliphatic rings. The Morgan fingerprint density at radius 1 is 0.447 bits per heavy atom. The van der Waals surface area contributed by atoms with E-state index >= 15 is 0 Å². The Morgan fingerprint density at radius 3 is 2.00 bits per heavy atom. The van der Waals surface area contributed by atoms with E-state index in [1.807, 2.05) is 6.07 Å².